The lowest BCUT2D eigenvalue weighted by Crippen LogP contribution is -2.15. The molecular weight excluding hydrogens is 452 g/mol. The molecule has 6 nitrogen and oxygen atoms in total. The van der Waals surface area contributed by atoms with Crippen LogP contribution in [-0.2, 0) is 9.47 Å². The predicted molar refractivity (Wildman–Crippen MR) is 149 cm³/mol. The maximum atomic E-state index is 12.4. The maximum absolute atomic E-state index is 12.4. The molecular formula is C30H46N2O4. The first-order chi connectivity index (χ1) is 17.5. The summed E-state index contributed by atoms with van der Waals surface area (Å²) in [5.74, 6) is -0.888. The second kappa shape index (κ2) is 20.2. The number of carbonyl (C=O) groups is 2. The average Bonchev–Trinajstić information content (AvgIpc) is 2.87. The Labute approximate surface area is 217 Å². The highest BCUT2D eigenvalue weighted by Gasteiger charge is 2.18. The third-order valence-electron chi connectivity index (χ3n) is 5.74. The summed E-state index contributed by atoms with van der Waals surface area (Å²) < 4.78 is 10.7. The number of anilines is 2. The minimum Gasteiger partial charge on any atom is -0.462 e. The van der Waals surface area contributed by atoms with Crippen LogP contribution in [0.1, 0.15) is 112 Å². The van der Waals surface area contributed by atoms with Gasteiger partial charge in [-0.05, 0) is 43.2 Å². The minimum absolute atomic E-state index is 0.293. The Kier molecular flexibility index (Phi) is 17.4. The zero-order valence-electron chi connectivity index (χ0n) is 22.3. The van der Waals surface area contributed by atoms with Crippen molar-refractivity contribution in [2.45, 2.75) is 90.9 Å². The van der Waals surface area contributed by atoms with E-state index in [0.29, 0.717) is 35.7 Å². The molecule has 0 spiro atoms. The van der Waals surface area contributed by atoms with Crippen LogP contribution in [0.4, 0.5) is 11.4 Å². The lowest BCUT2D eigenvalue weighted by atomic mass is 10.1. The topological polar surface area (TPSA) is 105 Å². The Morgan fingerprint density at radius 1 is 0.583 bits per heavy atom. The Morgan fingerprint density at radius 3 is 1.33 bits per heavy atom. The fourth-order valence-corrected chi connectivity index (χ4v) is 3.65. The number of rotatable bonds is 16. The standard InChI is InChI=1S/C24H38O4.C6H8N2/c1-3-5-7-9-11-15-19-27-23(25)21-17-13-14-18-22(21)24(26)28-20-16-12-10-8-6-4-2;7-5-2-1-3-6(8)4-5/h13-14,17-18H,3-12,15-16,19-20H2,1-2H3;1-4H,7-8H2. The van der Waals surface area contributed by atoms with Gasteiger partial charge < -0.3 is 20.9 Å². The summed E-state index contributed by atoms with van der Waals surface area (Å²) in [6.07, 6.45) is 13.6. The van der Waals surface area contributed by atoms with Crippen LogP contribution in [0.5, 0.6) is 0 Å². The minimum atomic E-state index is -0.444. The molecule has 0 aliphatic heterocycles. The van der Waals surface area contributed by atoms with Gasteiger partial charge >= 0.3 is 11.9 Å². The maximum Gasteiger partial charge on any atom is 0.339 e. The molecule has 0 saturated heterocycles. The molecule has 0 aromatic heterocycles. The van der Waals surface area contributed by atoms with Crippen LogP contribution in [0, 0.1) is 0 Å². The van der Waals surface area contributed by atoms with Gasteiger partial charge in [-0.3, -0.25) is 0 Å². The molecule has 0 radical (unpaired) electrons. The molecule has 0 aliphatic rings. The third-order valence-corrected chi connectivity index (χ3v) is 5.74. The van der Waals surface area contributed by atoms with E-state index in [1.807, 2.05) is 6.07 Å². The number of unbranched alkanes of at least 4 members (excludes halogenated alkanes) is 10. The Balaban J connectivity index is 0.000000681. The van der Waals surface area contributed by atoms with Gasteiger partial charge in [0.2, 0.25) is 0 Å². The molecule has 2 aromatic rings. The molecule has 6 heteroatoms. The summed E-state index contributed by atoms with van der Waals surface area (Å²) >= 11 is 0. The van der Waals surface area contributed by atoms with Gasteiger partial charge in [0, 0.05) is 11.4 Å². The molecule has 0 fully saturated rings. The van der Waals surface area contributed by atoms with Gasteiger partial charge in [-0.15, -0.1) is 0 Å². The first-order valence-corrected chi connectivity index (χ1v) is 13.5. The van der Waals surface area contributed by atoms with E-state index in [9.17, 15) is 9.59 Å². The van der Waals surface area contributed by atoms with E-state index in [1.54, 1.807) is 42.5 Å². The second-order valence-electron chi connectivity index (χ2n) is 9.02. The van der Waals surface area contributed by atoms with Crippen LogP contribution in [0.25, 0.3) is 0 Å². The zero-order valence-corrected chi connectivity index (χ0v) is 22.3. The quantitative estimate of drug-likeness (QED) is 0.140. The lowest BCUT2D eigenvalue weighted by Gasteiger charge is -2.10. The Morgan fingerprint density at radius 2 is 0.972 bits per heavy atom. The predicted octanol–water partition coefficient (Wildman–Crippen LogP) is 7.57. The first kappa shape index (κ1) is 31.0. The number of benzene rings is 2. The molecule has 200 valence electrons. The summed E-state index contributed by atoms with van der Waals surface area (Å²) in [5, 5.41) is 0. The van der Waals surface area contributed by atoms with Crippen molar-refractivity contribution in [1.29, 1.82) is 0 Å². The van der Waals surface area contributed by atoms with Crippen molar-refractivity contribution in [3.8, 4) is 0 Å². The Hall–Kier alpha value is -3.02. The van der Waals surface area contributed by atoms with Crippen LogP contribution in [0.3, 0.4) is 0 Å². The van der Waals surface area contributed by atoms with Crippen LogP contribution in [-0.4, -0.2) is 25.2 Å². The van der Waals surface area contributed by atoms with E-state index in [-0.39, 0.29) is 0 Å². The molecule has 4 N–H and O–H groups in total. The number of hydrogen-bond acceptors (Lipinski definition) is 6. The van der Waals surface area contributed by atoms with Crippen molar-refractivity contribution in [2.24, 2.45) is 0 Å². The monoisotopic (exact) mass is 498 g/mol. The van der Waals surface area contributed by atoms with E-state index < -0.39 is 11.9 Å². The van der Waals surface area contributed by atoms with Crippen molar-refractivity contribution in [3.05, 3.63) is 59.7 Å². The second-order valence-corrected chi connectivity index (χ2v) is 9.02. The highest BCUT2D eigenvalue weighted by atomic mass is 16.5. The largest absolute Gasteiger partial charge is 0.462 e. The van der Waals surface area contributed by atoms with E-state index in [0.717, 1.165) is 25.7 Å². The Bertz CT molecular complexity index is 803. The molecule has 0 bridgehead atoms. The number of ether oxygens (including phenoxy) is 2. The fraction of sp³-hybridized carbons (Fsp3) is 0.533. The molecule has 36 heavy (non-hydrogen) atoms. The SMILES string of the molecule is CCCCCCCCOC(=O)c1ccccc1C(=O)OCCCCCCCC.Nc1cccc(N)c1. The number of hydrogen-bond donors (Lipinski definition) is 2. The summed E-state index contributed by atoms with van der Waals surface area (Å²) in [5.41, 5.74) is 12.8. The molecule has 2 aromatic carbocycles. The van der Waals surface area contributed by atoms with Gasteiger partial charge in [-0.1, -0.05) is 96.3 Å². The zero-order chi connectivity index (χ0) is 26.4. The average molecular weight is 499 g/mol. The van der Waals surface area contributed by atoms with Gasteiger partial charge in [0.05, 0.1) is 24.3 Å². The van der Waals surface area contributed by atoms with Gasteiger partial charge in [0.1, 0.15) is 0 Å². The normalized spacial score (nSPS) is 10.3. The van der Waals surface area contributed by atoms with Gasteiger partial charge in [-0.25, -0.2) is 9.59 Å². The number of nitrogens with two attached hydrogens (primary N) is 2. The fourth-order valence-electron chi connectivity index (χ4n) is 3.65. The molecule has 2 rings (SSSR count). The molecule has 0 saturated carbocycles. The number of nitrogen functional groups attached to an aromatic ring is 2. The first-order valence-electron chi connectivity index (χ1n) is 13.5. The third kappa shape index (κ3) is 14.4. The molecule has 0 aliphatic carbocycles. The van der Waals surface area contributed by atoms with Crippen LogP contribution < -0.4 is 11.5 Å². The van der Waals surface area contributed by atoms with Crippen molar-refractivity contribution < 1.29 is 19.1 Å². The molecule has 0 heterocycles. The van der Waals surface area contributed by atoms with Crippen molar-refractivity contribution in [1.82, 2.24) is 0 Å². The molecule has 0 atom stereocenters. The van der Waals surface area contributed by atoms with Crippen LogP contribution >= 0.6 is 0 Å². The van der Waals surface area contributed by atoms with Crippen LogP contribution in [0.15, 0.2) is 48.5 Å². The van der Waals surface area contributed by atoms with Gasteiger partial charge in [-0.2, -0.15) is 0 Å². The van der Waals surface area contributed by atoms with E-state index in [4.69, 9.17) is 20.9 Å². The van der Waals surface area contributed by atoms with E-state index >= 15 is 0 Å². The molecule has 0 unspecified atom stereocenters. The smallest absolute Gasteiger partial charge is 0.339 e. The lowest BCUT2D eigenvalue weighted by molar-refractivity contribution is 0.0450. The summed E-state index contributed by atoms with van der Waals surface area (Å²) in [6.45, 7) is 5.17. The van der Waals surface area contributed by atoms with E-state index in [2.05, 4.69) is 13.8 Å². The summed E-state index contributed by atoms with van der Waals surface area (Å²) in [6, 6.07) is 13.9. The van der Waals surface area contributed by atoms with Crippen molar-refractivity contribution in [2.75, 3.05) is 24.7 Å². The number of esters is 2. The highest BCUT2D eigenvalue weighted by Crippen LogP contribution is 2.14. The number of carbonyl (C=O) groups excluding carboxylic acids is 2. The van der Waals surface area contributed by atoms with Gasteiger partial charge in [0.25, 0.3) is 0 Å². The van der Waals surface area contributed by atoms with E-state index in [1.165, 1.54) is 51.4 Å². The van der Waals surface area contributed by atoms with Gasteiger partial charge in [0.15, 0.2) is 0 Å². The van der Waals surface area contributed by atoms with Crippen molar-refractivity contribution in [3.63, 3.8) is 0 Å². The van der Waals surface area contributed by atoms with Crippen LogP contribution in [0.2, 0.25) is 0 Å². The summed E-state index contributed by atoms with van der Waals surface area (Å²) in [7, 11) is 0. The summed E-state index contributed by atoms with van der Waals surface area (Å²) in [4.78, 5) is 24.7. The van der Waals surface area contributed by atoms with Crippen molar-refractivity contribution >= 4 is 23.3 Å². The molecule has 0 amide bonds. The highest BCUT2D eigenvalue weighted by molar-refractivity contribution is 6.03.